The lowest BCUT2D eigenvalue weighted by molar-refractivity contribution is -0.159. The van der Waals surface area contributed by atoms with E-state index in [2.05, 4.69) is 13.2 Å². The second kappa shape index (κ2) is 10.6. The number of β-amino-alcohol motifs (C(OH)–C–C–N with tert-alkyl or cyclic N) is 1. The summed E-state index contributed by atoms with van der Waals surface area (Å²) in [6.07, 6.45) is 5.75. The van der Waals surface area contributed by atoms with E-state index in [9.17, 15) is 19.5 Å². The fraction of sp³-hybridized carbons (Fsp3) is 0.452. The first kappa shape index (κ1) is 27.1. The summed E-state index contributed by atoms with van der Waals surface area (Å²) >= 11 is 0. The van der Waals surface area contributed by atoms with Crippen LogP contribution in [0, 0.1) is 11.8 Å². The lowest BCUT2D eigenvalue weighted by Gasteiger charge is -2.36. The molecule has 2 aromatic rings. The molecule has 1 spiro atoms. The first-order chi connectivity index (χ1) is 18.8. The molecule has 3 aliphatic rings. The molecule has 5 atom stereocenters. The number of aliphatic hydroxyl groups is 1. The maximum absolute atomic E-state index is 14.4. The minimum Gasteiger partial charge on any atom is -0.465 e. The Labute approximate surface area is 228 Å². The lowest BCUT2D eigenvalue weighted by Crippen LogP contribution is -2.56. The number of anilines is 1. The van der Waals surface area contributed by atoms with Crippen LogP contribution >= 0.6 is 0 Å². The minimum absolute atomic E-state index is 0.0334. The number of aliphatic hydroxyl groups excluding tert-OH is 1. The van der Waals surface area contributed by atoms with Crippen molar-refractivity contribution in [2.45, 2.75) is 49.9 Å². The van der Waals surface area contributed by atoms with Crippen molar-refractivity contribution >= 4 is 34.2 Å². The number of carbonyl (C=O) groups is 3. The number of carbonyl (C=O) groups excluding carboxylic acids is 3. The summed E-state index contributed by atoms with van der Waals surface area (Å²) in [7, 11) is 0. The Hall–Kier alpha value is -3.49. The van der Waals surface area contributed by atoms with Crippen LogP contribution in [0.5, 0.6) is 0 Å². The first-order valence-electron chi connectivity index (χ1n) is 13.6. The number of fused-ring (bicyclic) bond motifs is 2. The van der Waals surface area contributed by atoms with Gasteiger partial charge in [0.05, 0.1) is 24.7 Å². The largest absolute Gasteiger partial charge is 0.465 e. The highest BCUT2D eigenvalue weighted by atomic mass is 16.6. The molecule has 8 nitrogen and oxygen atoms in total. The second-order valence-electron chi connectivity index (χ2n) is 10.9. The van der Waals surface area contributed by atoms with Gasteiger partial charge in [-0.15, -0.1) is 13.2 Å². The standard InChI is InChI=1S/C31H36N2O6/c1-4-6-9-19-38-29(37)25-24-27(35)33(17-18-34)26(31(24)15-14-30(25,3)39-31)28(36)32(16-5-2)23-13-12-21-10-7-8-11-22(21)20-23/h4-5,7-8,10-13,20,24-26,34H,1-2,6,9,14-19H2,3H3/t24-,25-,26?,30+,31?/m0/s1. The van der Waals surface area contributed by atoms with E-state index in [1.54, 1.807) is 17.1 Å². The maximum atomic E-state index is 14.4. The molecule has 0 aliphatic carbocycles. The van der Waals surface area contributed by atoms with E-state index in [0.29, 0.717) is 31.4 Å². The third-order valence-corrected chi connectivity index (χ3v) is 8.52. The molecule has 2 aromatic carbocycles. The Bertz CT molecular complexity index is 1310. The minimum atomic E-state index is -1.18. The molecule has 3 saturated heterocycles. The normalized spacial score (nSPS) is 28.9. The van der Waals surface area contributed by atoms with Crippen LogP contribution in [-0.4, -0.2) is 71.3 Å². The molecule has 2 unspecified atom stereocenters. The van der Waals surface area contributed by atoms with E-state index in [-0.39, 0.29) is 38.1 Å². The molecule has 3 aliphatic heterocycles. The zero-order chi connectivity index (χ0) is 27.8. The van der Waals surface area contributed by atoms with E-state index in [1.165, 1.54) is 4.90 Å². The predicted molar refractivity (Wildman–Crippen MR) is 148 cm³/mol. The van der Waals surface area contributed by atoms with Crippen LogP contribution in [0.2, 0.25) is 0 Å². The summed E-state index contributed by atoms with van der Waals surface area (Å²) in [4.78, 5) is 44.7. The maximum Gasteiger partial charge on any atom is 0.312 e. The SMILES string of the molecule is C=CCCCOC(=O)[C@@H]1[C@H]2C(=O)N(CCO)C(C(=O)N(CC=C)c3ccc4ccccc4c3)C23CC[C@@]1(C)O3. The van der Waals surface area contributed by atoms with Gasteiger partial charge in [0.25, 0.3) is 5.91 Å². The highest BCUT2D eigenvalue weighted by molar-refractivity contribution is 6.05. The smallest absolute Gasteiger partial charge is 0.312 e. The number of likely N-dealkylation sites (tertiary alicyclic amines) is 1. The molecule has 2 amide bonds. The number of esters is 1. The first-order valence-corrected chi connectivity index (χ1v) is 13.6. The van der Waals surface area contributed by atoms with Crippen molar-refractivity contribution in [2.24, 2.45) is 11.8 Å². The molecule has 2 bridgehead atoms. The van der Waals surface area contributed by atoms with Gasteiger partial charge in [0, 0.05) is 18.8 Å². The van der Waals surface area contributed by atoms with Crippen molar-refractivity contribution in [3.8, 4) is 0 Å². The van der Waals surface area contributed by atoms with Gasteiger partial charge in [0.15, 0.2) is 0 Å². The summed E-state index contributed by atoms with van der Waals surface area (Å²) in [5.41, 5.74) is -1.42. The Morgan fingerprint density at radius 1 is 1.18 bits per heavy atom. The Kier molecular flexibility index (Phi) is 7.35. The molecule has 39 heavy (non-hydrogen) atoms. The van der Waals surface area contributed by atoms with Crippen molar-refractivity contribution < 1.29 is 29.0 Å². The molecule has 3 heterocycles. The molecule has 1 N–H and O–H groups in total. The van der Waals surface area contributed by atoms with Gasteiger partial charge in [0.2, 0.25) is 5.91 Å². The van der Waals surface area contributed by atoms with E-state index in [4.69, 9.17) is 9.47 Å². The average molecular weight is 533 g/mol. The van der Waals surface area contributed by atoms with Gasteiger partial charge in [-0.2, -0.15) is 0 Å². The van der Waals surface area contributed by atoms with Gasteiger partial charge in [-0.05, 0) is 55.5 Å². The lowest BCUT2D eigenvalue weighted by atomic mass is 9.66. The monoisotopic (exact) mass is 532 g/mol. The van der Waals surface area contributed by atoms with Crippen LogP contribution in [0.3, 0.4) is 0 Å². The van der Waals surface area contributed by atoms with Crippen molar-refractivity contribution in [3.63, 3.8) is 0 Å². The fourth-order valence-corrected chi connectivity index (χ4v) is 6.85. The molecule has 0 aromatic heterocycles. The summed E-state index contributed by atoms with van der Waals surface area (Å²) in [5.74, 6) is -2.83. The Morgan fingerprint density at radius 2 is 1.95 bits per heavy atom. The zero-order valence-electron chi connectivity index (χ0n) is 22.4. The number of allylic oxidation sites excluding steroid dienone is 1. The molecule has 8 heteroatoms. The quantitative estimate of drug-likeness (QED) is 0.270. The van der Waals surface area contributed by atoms with Crippen LogP contribution in [0.15, 0.2) is 67.8 Å². The predicted octanol–water partition coefficient (Wildman–Crippen LogP) is 3.63. The summed E-state index contributed by atoms with van der Waals surface area (Å²) in [5, 5.41) is 11.9. The topological polar surface area (TPSA) is 96.4 Å². The number of nitrogens with zero attached hydrogens (tertiary/aromatic N) is 2. The van der Waals surface area contributed by atoms with Gasteiger partial charge in [-0.1, -0.05) is 42.5 Å². The van der Waals surface area contributed by atoms with Crippen LogP contribution < -0.4 is 4.90 Å². The van der Waals surface area contributed by atoms with E-state index < -0.39 is 35.0 Å². The molecule has 0 radical (unpaired) electrons. The van der Waals surface area contributed by atoms with Gasteiger partial charge >= 0.3 is 5.97 Å². The van der Waals surface area contributed by atoms with Gasteiger partial charge in [0.1, 0.15) is 17.6 Å². The summed E-state index contributed by atoms with van der Waals surface area (Å²) in [6.45, 7) is 9.48. The van der Waals surface area contributed by atoms with Crippen molar-refractivity contribution in [3.05, 3.63) is 67.8 Å². The molecule has 5 rings (SSSR count). The third kappa shape index (κ3) is 4.36. The van der Waals surface area contributed by atoms with E-state index in [0.717, 1.165) is 10.8 Å². The zero-order valence-corrected chi connectivity index (χ0v) is 22.4. The van der Waals surface area contributed by atoms with Crippen molar-refractivity contribution in [1.82, 2.24) is 4.90 Å². The number of unbranched alkanes of at least 4 members (excludes halogenated alkanes) is 1. The van der Waals surface area contributed by atoms with Gasteiger partial charge in [-0.3, -0.25) is 14.4 Å². The number of hydrogen-bond acceptors (Lipinski definition) is 6. The summed E-state index contributed by atoms with van der Waals surface area (Å²) < 4.78 is 12.2. The second-order valence-corrected chi connectivity index (χ2v) is 10.9. The highest BCUT2D eigenvalue weighted by Crippen LogP contribution is 2.63. The van der Waals surface area contributed by atoms with Crippen molar-refractivity contribution in [2.75, 3.05) is 31.2 Å². The van der Waals surface area contributed by atoms with E-state index in [1.807, 2.05) is 49.4 Å². The van der Waals surface area contributed by atoms with Crippen LogP contribution in [0.25, 0.3) is 10.8 Å². The van der Waals surface area contributed by atoms with E-state index >= 15 is 0 Å². The molecule has 3 fully saturated rings. The molecule has 206 valence electrons. The van der Waals surface area contributed by atoms with Crippen LogP contribution in [-0.2, 0) is 23.9 Å². The fourth-order valence-electron chi connectivity index (χ4n) is 6.85. The number of hydrogen-bond donors (Lipinski definition) is 1. The highest BCUT2D eigenvalue weighted by Gasteiger charge is 2.78. The number of ether oxygens (including phenoxy) is 2. The third-order valence-electron chi connectivity index (χ3n) is 8.52. The van der Waals surface area contributed by atoms with Crippen LogP contribution in [0.4, 0.5) is 5.69 Å². The van der Waals surface area contributed by atoms with Crippen LogP contribution in [0.1, 0.15) is 32.6 Å². The molecular weight excluding hydrogens is 496 g/mol. The Balaban J connectivity index is 1.52. The molecular formula is C31H36N2O6. The van der Waals surface area contributed by atoms with Gasteiger partial charge < -0.3 is 24.4 Å². The number of rotatable bonds is 11. The van der Waals surface area contributed by atoms with Gasteiger partial charge in [-0.25, -0.2) is 0 Å². The van der Waals surface area contributed by atoms with Crippen molar-refractivity contribution in [1.29, 1.82) is 0 Å². The average Bonchev–Trinajstić information content (AvgIpc) is 3.50. The summed E-state index contributed by atoms with van der Waals surface area (Å²) in [6, 6.07) is 12.7. The Morgan fingerprint density at radius 3 is 2.67 bits per heavy atom. The molecule has 0 saturated carbocycles. The number of benzene rings is 2. The number of amides is 2.